The second kappa shape index (κ2) is 6.93. The first-order valence-electron chi connectivity index (χ1n) is 8.88. The fraction of sp³-hybridized carbons (Fsp3) is 0.579. The maximum absolute atomic E-state index is 12.8. The number of nitrogens with one attached hydrogen (secondary N) is 1. The molecule has 1 aromatic carbocycles. The number of hydrogen-bond donors (Lipinski definition) is 1. The first-order chi connectivity index (χ1) is 11.5. The van der Waals surface area contributed by atoms with Gasteiger partial charge < -0.3 is 5.32 Å². The molecule has 2 heterocycles. The van der Waals surface area contributed by atoms with Crippen LogP contribution in [0.3, 0.4) is 0 Å². The Morgan fingerprint density at radius 3 is 2.50 bits per heavy atom. The minimum Gasteiger partial charge on any atom is -0.323 e. The lowest BCUT2D eigenvalue weighted by Gasteiger charge is -2.32. The molecule has 0 aliphatic carbocycles. The van der Waals surface area contributed by atoms with Gasteiger partial charge in [0.25, 0.3) is 5.91 Å². The van der Waals surface area contributed by atoms with Crippen LogP contribution in [-0.2, 0) is 11.2 Å². The van der Waals surface area contributed by atoms with Crippen molar-refractivity contribution < 1.29 is 9.59 Å². The molecule has 2 aliphatic heterocycles. The van der Waals surface area contributed by atoms with Crippen molar-refractivity contribution in [3.05, 3.63) is 35.9 Å². The van der Waals surface area contributed by atoms with Gasteiger partial charge in [0.1, 0.15) is 5.54 Å². The molecule has 2 fully saturated rings. The fourth-order valence-corrected chi connectivity index (χ4v) is 3.49. The molecule has 5 nitrogen and oxygen atoms in total. The van der Waals surface area contributed by atoms with Gasteiger partial charge in [0.2, 0.25) is 0 Å². The van der Waals surface area contributed by atoms with Gasteiger partial charge in [-0.3, -0.25) is 9.69 Å². The summed E-state index contributed by atoms with van der Waals surface area (Å²) in [6.07, 6.45) is 3.66. The highest BCUT2D eigenvalue weighted by Gasteiger charge is 2.47. The van der Waals surface area contributed by atoms with Gasteiger partial charge in [0.05, 0.1) is 6.67 Å². The van der Waals surface area contributed by atoms with Gasteiger partial charge >= 0.3 is 6.03 Å². The predicted octanol–water partition coefficient (Wildman–Crippen LogP) is 2.62. The Morgan fingerprint density at radius 1 is 1.17 bits per heavy atom. The maximum Gasteiger partial charge on any atom is 0.326 e. The van der Waals surface area contributed by atoms with Crippen LogP contribution in [0.1, 0.15) is 38.7 Å². The molecule has 2 saturated heterocycles. The number of likely N-dealkylation sites (tertiary alicyclic amines) is 1. The van der Waals surface area contributed by atoms with Crippen molar-refractivity contribution in [2.45, 2.75) is 45.1 Å². The SMILES string of the molecule is CC1CCN(CN2C(=O)N[C@@](C)(CCc3ccccc3)C2=O)CC1. The Bertz CT molecular complexity index is 596. The highest BCUT2D eigenvalue weighted by molar-refractivity contribution is 6.06. The number of urea groups is 1. The Kier molecular flexibility index (Phi) is 4.90. The minimum atomic E-state index is -0.796. The van der Waals surface area contributed by atoms with Crippen LogP contribution < -0.4 is 5.32 Å². The lowest BCUT2D eigenvalue weighted by molar-refractivity contribution is -0.132. The largest absolute Gasteiger partial charge is 0.326 e. The van der Waals surface area contributed by atoms with Crippen LogP contribution in [0.2, 0.25) is 0 Å². The van der Waals surface area contributed by atoms with E-state index in [1.165, 1.54) is 10.5 Å². The molecule has 0 aromatic heterocycles. The molecule has 1 aromatic rings. The molecule has 3 rings (SSSR count). The van der Waals surface area contributed by atoms with Crippen LogP contribution in [0.25, 0.3) is 0 Å². The van der Waals surface area contributed by atoms with E-state index >= 15 is 0 Å². The van der Waals surface area contributed by atoms with Crippen molar-refractivity contribution in [2.24, 2.45) is 5.92 Å². The minimum absolute atomic E-state index is 0.0953. The summed E-state index contributed by atoms with van der Waals surface area (Å²) >= 11 is 0. The summed E-state index contributed by atoms with van der Waals surface area (Å²) in [7, 11) is 0. The van der Waals surface area contributed by atoms with Crippen LogP contribution >= 0.6 is 0 Å². The molecule has 130 valence electrons. The Labute approximate surface area is 144 Å². The maximum atomic E-state index is 12.8. The van der Waals surface area contributed by atoms with Crippen molar-refractivity contribution in [2.75, 3.05) is 19.8 Å². The van der Waals surface area contributed by atoms with E-state index in [0.29, 0.717) is 13.1 Å². The third kappa shape index (κ3) is 3.61. The zero-order valence-corrected chi connectivity index (χ0v) is 14.6. The molecule has 0 spiro atoms. The number of carbonyl (C=O) groups is 2. The second-order valence-corrected chi connectivity index (χ2v) is 7.42. The number of nitrogens with zero attached hydrogens (tertiary/aromatic N) is 2. The average molecular weight is 329 g/mol. The van der Waals surface area contributed by atoms with E-state index in [0.717, 1.165) is 38.3 Å². The molecular formula is C19H27N3O2. The third-order valence-electron chi connectivity index (χ3n) is 5.32. The number of benzene rings is 1. The molecule has 0 unspecified atom stereocenters. The normalized spacial score (nSPS) is 26.0. The lowest BCUT2D eigenvalue weighted by Crippen LogP contribution is -2.47. The lowest BCUT2D eigenvalue weighted by atomic mass is 9.93. The van der Waals surface area contributed by atoms with Crippen molar-refractivity contribution in [1.82, 2.24) is 15.1 Å². The van der Waals surface area contributed by atoms with Crippen molar-refractivity contribution in [3.8, 4) is 0 Å². The smallest absolute Gasteiger partial charge is 0.323 e. The first kappa shape index (κ1) is 17.0. The highest BCUT2D eigenvalue weighted by atomic mass is 16.2. The standard InChI is InChI=1S/C19H27N3O2/c1-15-9-12-21(13-10-15)14-22-17(23)19(2,20-18(22)24)11-8-16-6-4-3-5-7-16/h3-7,15H,8-14H2,1-2H3,(H,20,24)/t19-/m0/s1. The molecule has 24 heavy (non-hydrogen) atoms. The third-order valence-corrected chi connectivity index (χ3v) is 5.32. The number of imide groups is 1. The van der Waals surface area contributed by atoms with E-state index in [1.807, 2.05) is 25.1 Å². The summed E-state index contributed by atoms with van der Waals surface area (Å²) in [5, 5.41) is 2.91. The van der Waals surface area contributed by atoms with Gasteiger partial charge in [0.15, 0.2) is 0 Å². The van der Waals surface area contributed by atoms with Crippen molar-refractivity contribution >= 4 is 11.9 Å². The summed E-state index contributed by atoms with van der Waals surface area (Å²) in [6.45, 7) is 6.43. The summed E-state index contributed by atoms with van der Waals surface area (Å²) < 4.78 is 0. The van der Waals surface area contributed by atoms with E-state index in [1.54, 1.807) is 0 Å². The van der Waals surface area contributed by atoms with Gasteiger partial charge in [-0.15, -0.1) is 0 Å². The van der Waals surface area contributed by atoms with Crippen LogP contribution in [0.15, 0.2) is 30.3 Å². The number of piperidine rings is 1. The zero-order chi connectivity index (χ0) is 17.2. The van der Waals surface area contributed by atoms with E-state index in [9.17, 15) is 9.59 Å². The number of amides is 3. The van der Waals surface area contributed by atoms with Crippen LogP contribution in [-0.4, -0.2) is 47.0 Å². The number of aryl methyl sites for hydroxylation is 1. The topological polar surface area (TPSA) is 52.6 Å². The highest BCUT2D eigenvalue weighted by Crippen LogP contribution is 2.24. The second-order valence-electron chi connectivity index (χ2n) is 7.42. The molecule has 2 aliphatic rings. The monoisotopic (exact) mass is 329 g/mol. The molecule has 0 radical (unpaired) electrons. The van der Waals surface area contributed by atoms with Gasteiger partial charge in [-0.05, 0) is 44.1 Å². The van der Waals surface area contributed by atoms with E-state index in [2.05, 4.69) is 29.3 Å². The average Bonchev–Trinajstić information content (AvgIpc) is 2.80. The molecular weight excluding hydrogens is 302 g/mol. The van der Waals surface area contributed by atoms with E-state index in [4.69, 9.17) is 0 Å². The molecule has 1 atom stereocenters. The number of hydrogen-bond acceptors (Lipinski definition) is 3. The van der Waals surface area contributed by atoms with Gasteiger partial charge in [0, 0.05) is 13.1 Å². The Morgan fingerprint density at radius 2 is 1.83 bits per heavy atom. The molecule has 3 amide bonds. The zero-order valence-electron chi connectivity index (χ0n) is 14.6. The summed E-state index contributed by atoms with van der Waals surface area (Å²) in [5.41, 5.74) is 0.389. The van der Waals surface area contributed by atoms with E-state index in [-0.39, 0.29) is 11.9 Å². The van der Waals surface area contributed by atoms with Gasteiger partial charge in [-0.25, -0.2) is 9.69 Å². The molecule has 0 saturated carbocycles. The predicted molar refractivity (Wildman–Crippen MR) is 93.4 cm³/mol. The van der Waals surface area contributed by atoms with Crippen LogP contribution in [0.5, 0.6) is 0 Å². The Balaban J connectivity index is 1.60. The van der Waals surface area contributed by atoms with Crippen LogP contribution in [0, 0.1) is 5.92 Å². The number of rotatable bonds is 5. The fourth-order valence-electron chi connectivity index (χ4n) is 3.49. The van der Waals surface area contributed by atoms with Crippen molar-refractivity contribution in [1.29, 1.82) is 0 Å². The van der Waals surface area contributed by atoms with Crippen molar-refractivity contribution in [3.63, 3.8) is 0 Å². The summed E-state index contributed by atoms with van der Waals surface area (Å²) in [5.74, 6) is 0.641. The quantitative estimate of drug-likeness (QED) is 0.845. The first-order valence-corrected chi connectivity index (χ1v) is 8.88. The molecule has 1 N–H and O–H groups in total. The molecule has 5 heteroatoms. The number of carbonyl (C=O) groups excluding carboxylic acids is 2. The van der Waals surface area contributed by atoms with E-state index < -0.39 is 5.54 Å². The van der Waals surface area contributed by atoms with Gasteiger partial charge in [-0.2, -0.15) is 0 Å². The summed E-state index contributed by atoms with van der Waals surface area (Å²) in [4.78, 5) is 28.7. The Hall–Kier alpha value is -1.88. The van der Waals surface area contributed by atoms with Gasteiger partial charge in [-0.1, -0.05) is 37.3 Å². The molecule has 0 bridgehead atoms. The van der Waals surface area contributed by atoms with Crippen LogP contribution in [0.4, 0.5) is 4.79 Å². The summed E-state index contributed by atoms with van der Waals surface area (Å²) in [6, 6.07) is 9.82.